The molecule has 0 heterocycles. The monoisotopic (exact) mass is 156 g/mol. The van der Waals surface area contributed by atoms with Gasteiger partial charge in [-0.1, -0.05) is 6.07 Å². The van der Waals surface area contributed by atoms with Crippen LogP contribution in [0.15, 0.2) is 18.2 Å². The number of hydrogen-bond donors (Lipinski definition) is 0. The molecule has 3 heteroatoms. The van der Waals surface area contributed by atoms with Crippen LogP contribution in [0.5, 0.6) is 0 Å². The third-order valence-electron chi connectivity index (χ3n) is 1.48. The summed E-state index contributed by atoms with van der Waals surface area (Å²) < 4.78 is 24.7. The highest BCUT2D eigenvalue weighted by atomic mass is 19.1. The zero-order chi connectivity index (χ0) is 8.43. The number of benzene rings is 1. The maximum atomic E-state index is 12.6. The van der Waals surface area contributed by atoms with Crippen molar-refractivity contribution in [3.8, 4) is 0 Å². The maximum Gasteiger partial charge on any atom is 0.332 e. The number of rotatable bonds is 1. The summed E-state index contributed by atoms with van der Waals surface area (Å²) >= 11 is 0. The molecule has 11 heavy (non-hydrogen) atoms. The molecule has 0 radical (unpaired) electrons. The quantitative estimate of drug-likeness (QED) is 0.570. The van der Waals surface area contributed by atoms with E-state index in [0.29, 0.717) is 0 Å². The van der Waals surface area contributed by atoms with Gasteiger partial charge in [0.05, 0.1) is 5.56 Å². The van der Waals surface area contributed by atoms with Crippen molar-refractivity contribution in [2.75, 3.05) is 0 Å². The number of halogens is 2. The van der Waals surface area contributed by atoms with Crippen LogP contribution in [0.2, 0.25) is 0 Å². The SMILES string of the molecule is Cc1c(F)cccc1C(=O)F. The van der Waals surface area contributed by atoms with Crippen molar-refractivity contribution in [3.05, 3.63) is 35.1 Å². The van der Waals surface area contributed by atoms with Crippen LogP contribution in [0.1, 0.15) is 15.9 Å². The Morgan fingerprint density at radius 3 is 2.55 bits per heavy atom. The van der Waals surface area contributed by atoms with E-state index in [0.717, 1.165) is 0 Å². The molecule has 0 spiro atoms. The van der Waals surface area contributed by atoms with E-state index in [4.69, 9.17) is 0 Å². The van der Waals surface area contributed by atoms with E-state index in [1.807, 2.05) is 0 Å². The molecule has 58 valence electrons. The fraction of sp³-hybridized carbons (Fsp3) is 0.125. The molecule has 0 atom stereocenters. The predicted molar refractivity (Wildman–Crippen MR) is 36.6 cm³/mol. The van der Waals surface area contributed by atoms with Gasteiger partial charge in [0.2, 0.25) is 0 Å². The van der Waals surface area contributed by atoms with Gasteiger partial charge in [-0.3, -0.25) is 4.79 Å². The van der Waals surface area contributed by atoms with Gasteiger partial charge < -0.3 is 0 Å². The molecule has 0 aliphatic heterocycles. The summed E-state index contributed by atoms with van der Waals surface area (Å²) in [6.07, 6.45) is 0. The van der Waals surface area contributed by atoms with Gasteiger partial charge in [-0.05, 0) is 24.6 Å². The second kappa shape index (κ2) is 2.78. The smallest absolute Gasteiger partial charge is 0.255 e. The molecule has 0 fully saturated rings. The van der Waals surface area contributed by atoms with E-state index in [1.165, 1.54) is 25.1 Å². The Labute approximate surface area is 62.7 Å². The molecule has 1 rings (SSSR count). The van der Waals surface area contributed by atoms with Gasteiger partial charge in [-0.25, -0.2) is 4.39 Å². The molecule has 0 saturated carbocycles. The minimum Gasteiger partial charge on any atom is -0.255 e. The summed E-state index contributed by atoms with van der Waals surface area (Å²) in [5.74, 6) is -0.562. The Morgan fingerprint density at radius 2 is 2.09 bits per heavy atom. The van der Waals surface area contributed by atoms with Gasteiger partial charge in [0.25, 0.3) is 0 Å². The number of carbonyl (C=O) groups excluding carboxylic acids is 1. The molecule has 0 N–H and O–H groups in total. The summed E-state index contributed by atoms with van der Waals surface area (Å²) in [7, 11) is 0. The van der Waals surface area contributed by atoms with E-state index in [1.54, 1.807) is 0 Å². The van der Waals surface area contributed by atoms with Gasteiger partial charge in [0.1, 0.15) is 5.82 Å². The van der Waals surface area contributed by atoms with Crippen LogP contribution in [0.4, 0.5) is 8.78 Å². The minimum absolute atomic E-state index is 0.0556. The Kier molecular flexibility index (Phi) is 1.98. The van der Waals surface area contributed by atoms with Crippen LogP contribution < -0.4 is 0 Å². The van der Waals surface area contributed by atoms with Gasteiger partial charge in [0, 0.05) is 0 Å². The highest BCUT2D eigenvalue weighted by Crippen LogP contribution is 2.12. The fourth-order valence-corrected chi connectivity index (χ4v) is 0.820. The van der Waals surface area contributed by atoms with E-state index in [2.05, 4.69) is 0 Å². The van der Waals surface area contributed by atoms with Crippen molar-refractivity contribution >= 4 is 6.04 Å². The lowest BCUT2D eigenvalue weighted by molar-refractivity contribution is 0.0834. The van der Waals surface area contributed by atoms with Crippen LogP contribution >= 0.6 is 0 Å². The van der Waals surface area contributed by atoms with Crippen LogP contribution in [-0.4, -0.2) is 6.04 Å². The standard InChI is InChI=1S/C8H6F2O/c1-5-6(8(10)11)3-2-4-7(5)9/h2-4H,1H3. The van der Waals surface area contributed by atoms with Crippen LogP contribution in [0.25, 0.3) is 0 Å². The first kappa shape index (κ1) is 7.85. The highest BCUT2D eigenvalue weighted by Gasteiger charge is 2.09. The highest BCUT2D eigenvalue weighted by molar-refractivity contribution is 5.89. The largest absolute Gasteiger partial charge is 0.332 e. The molecule has 0 aromatic heterocycles. The lowest BCUT2D eigenvalue weighted by atomic mass is 10.1. The van der Waals surface area contributed by atoms with Crippen LogP contribution in [0.3, 0.4) is 0 Å². The topological polar surface area (TPSA) is 17.1 Å². The van der Waals surface area contributed by atoms with Crippen molar-refractivity contribution in [1.82, 2.24) is 0 Å². The fourth-order valence-electron chi connectivity index (χ4n) is 0.820. The molecule has 0 amide bonds. The van der Waals surface area contributed by atoms with Gasteiger partial charge >= 0.3 is 6.04 Å². The minimum atomic E-state index is -1.60. The molecule has 1 nitrogen and oxygen atoms in total. The lowest BCUT2D eigenvalue weighted by Gasteiger charge is -1.98. The normalized spacial score (nSPS) is 9.73. The van der Waals surface area contributed by atoms with Crippen molar-refractivity contribution < 1.29 is 13.6 Å². The molecular formula is C8H6F2O. The zero-order valence-electron chi connectivity index (χ0n) is 5.90. The van der Waals surface area contributed by atoms with E-state index in [9.17, 15) is 13.6 Å². The molecule has 0 saturated heterocycles. The number of carbonyl (C=O) groups is 1. The van der Waals surface area contributed by atoms with Gasteiger partial charge in [-0.15, -0.1) is 0 Å². The van der Waals surface area contributed by atoms with Crippen LogP contribution in [0, 0.1) is 12.7 Å². The molecule has 1 aromatic rings. The van der Waals surface area contributed by atoms with E-state index >= 15 is 0 Å². The molecular weight excluding hydrogens is 150 g/mol. The first-order valence-electron chi connectivity index (χ1n) is 3.08. The summed E-state index contributed by atoms with van der Waals surface area (Å²) in [6, 6.07) is 2.14. The van der Waals surface area contributed by atoms with Crippen molar-refractivity contribution in [3.63, 3.8) is 0 Å². The third kappa shape index (κ3) is 1.42. The van der Waals surface area contributed by atoms with Crippen LogP contribution in [-0.2, 0) is 0 Å². The zero-order valence-corrected chi connectivity index (χ0v) is 5.90. The molecule has 0 aliphatic carbocycles. The summed E-state index contributed by atoms with van der Waals surface area (Å²) in [5.41, 5.74) is -0.148. The molecule has 1 aromatic carbocycles. The van der Waals surface area contributed by atoms with Crippen molar-refractivity contribution in [1.29, 1.82) is 0 Å². The second-order valence-electron chi connectivity index (χ2n) is 2.19. The van der Waals surface area contributed by atoms with E-state index < -0.39 is 11.9 Å². The maximum absolute atomic E-state index is 12.6. The number of hydrogen-bond acceptors (Lipinski definition) is 1. The average molecular weight is 156 g/mol. The van der Waals surface area contributed by atoms with Crippen molar-refractivity contribution in [2.24, 2.45) is 0 Å². The van der Waals surface area contributed by atoms with Gasteiger partial charge in [-0.2, -0.15) is 4.39 Å². The van der Waals surface area contributed by atoms with Crippen molar-refractivity contribution in [2.45, 2.75) is 6.92 Å². The average Bonchev–Trinajstić information content (AvgIpc) is 1.94. The van der Waals surface area contributed by atoms with E-state index in [-0.39, 0.29) is 11.1 Å². The Hall–Kier alpha value is -1.25. The Bertz CT molecular complexity index is 294. The Morgan fingerprint density at radius 1 is 1.45 bits per heavy atom. The molecule has 0 aliphatic rings. The summed E-state index contributed by atoms with van der Waals surface area (Å²) in [6.45, 7) is 1.36. The Balaban J connectivity index is 3.27. The predicted octanol–water partition coefficient (Wildman–Crippen LogP) is 2.24. The molecule has 0 unspecified atom stereocenters. The summed E-state index contributed by atoms with van der Waals surface area (Å²) in [4.78, 5) is 10.2. The lowest BCUT2D eigenvalue weighted by Crippen LogP contribution is -1.96. The first-order chi connectivity index (χ1) is 5.13. The first-order valence-corrected chi connectivity index (χ1v) is 3.08. The third-order valence-corrected chi connectivity index (χ3v) is 1.48. The summed E-state index contributed by atoms with van der Waals surface area (Å²) in [5, 5.41) is 0. The van der Waals surface area contributed by atoms with Gasteiger partial charge in [0.15, 0.2) is 0 Å². The second-order valence-corrected chi connectivity index (χ2v) is 2.19. The molecule has 0 bridgehead atoms.